The Balaban J connectivity index is 1.87. The van der Waals surface area contributed by atoms with Crippen LogP contribution in [-0.2, 0) is 22.3 Å². The van der Waals surface area contributed by atoms with Crippen molar-refractivity contribution < 1.29 is 19.1 Å². The fraction of sp³-hybridized carbons (Fsp3) is 0.474. The van der Waals surface area contributed by atoms with Crippen LogP contribution in [0.3, 0.4) is 0 Å². The topological polar surface area (TPSA) is 74.9 Å². The summed E-state index contributed by atoms with van der Waals surface area (Å²) in [6.45, 7) is 2.57. The minimum absolute atomic E-state index is 0.243. The summed E-state index contributed by atoms with van der Waals surface area (Å²) in [5, 5.41) is 1.04. The van der Waals surface area contributed by atoms with E-state index in [-0.39, 0.29) is 12.1 Å². The average Bonchev–Trinajstić information content (AvgIpc) is 3.20. The average molecular weight is 359 g/mol. The van der Waals surface area contributed by atoms with Crippen LogP contribution >= 0.6 is 0 Å². The van der Waals surface area contributed by atoms with Gasteiger partial charge >= 0.3 is 12.1 Å². The summed E-state index contributed by atoms with van der Waals surface area (Å²) in [4.78, 5) is 30.7. The molecule has 26 heavy (non-hydrogen) atoms. The third-order valence-electron chi connectivity index (χ3n) is 4.68. The van der Waals surface area contributed by atoms with Gasteiger partial charge in [0.2, 0.25) is 0 Å². The Morgan fingerprint density at radius 2 is 2.15 bits per heavy atom. The van der Waals surface area contributed by atoms with Crippen LogP contribution in [0.25, 0.3) is 10.9 Å². The van der Waals surface area contributed by atoms with Gasteiger partial charge in [-0.1, -0.05) is 6.07 Å². The lowest BCUT2D eigenvalue weighted by Crippen LogP contribution is -2.26. The highest BCUT2D eigenvalue weighted by atomic mass is 16.6. The van der Waals surface area contributed by atoms with Gasteiger partial charge in [0.05, 0.1) is 13.7 Å². The minimum atomic E-state index is -0.351. The first-order valence-electron chi connectivity index (χ1n) is 8.78. The summed E-state index contributed by atoms with van der Waals surface area (Å²) in [6.07, 6.45) is 1.25. The van der Waals surface area contributed by atoms with Crippen LogP contribution in [0.1, 0.15) is 21.6 Å². The van der Waals surface area contributed by atoms with Crippen LogP contribution in [0.5, 0.6) is 0 Å². The highest BCUT2D eigenvalue weighted by Crippen LogP contribution is 2.25. The maximum absolute atomic E-state index is 12.1. The first-order chi connectivity index (χ1) is 12.5. The lowest BCUT2D eigenvalue weighted by Gasteiger charge is -2.12. The number of amides is 1. The second-order valence-corrected chi connectivity index (χ2v) is 6.75. The van der Waals surface area contributed by atoms with E-state index in [2.05, 4.69) is 16.0 Å². The number of H-pyrrole nitrogens is 1. The fourth-order valence-corrected chi connectivity index (χ4v) is 3.21. The molecule has 2 aromatic rings. The van der Waals surface area contributed by atoms with E-state index < -0.39 is 0 Å². The second-order valence-electron chi connectivity index (χ2n) is 6.75. The molecule has 1 amide bonds. The van der Waals surface area contributed by atoms with Gasteiger partial charge in [0.25, 0.3) is 0 Å². The first-order valence-corrected chi connectivity index (χ1v) is 8.78. The summed E-state index contributed by atoms with van der Waals surface area (Å²) in [5.41, 5.74) is 3.54. The van der Waals surface area contributed by atoms with Crippen LogP contribution in [-0.4, -0.2) is 74.3 Å². The van der Waals surface area contributed by atoms with Crippen molar-refractivity contribution in [1.82, 2.24) is 14.8 Å². The third-order valence-corrected chi connectivity index (χ3v) is 4.68. The van der Waals surface area contributed by atoms with Crippen molar-refractivity contribution in [3.8, 4) is 0 Å². The van der Waals surface area contributed by atoms with Gasteiger partial charge < -0.3 is 24.3 Å². The highest BCUT2D eigenvalue weighted by molar-refractivity contribution is 5.98. The molecular weight excluding hydrogens is 334 g/mol. The van der Waals surface area contributed by atoms with E-state index in [0.29, 0.717) is 25.4 Å². The molecule has 0 unspecified atom stereocenters. The van der Waals surface area contributed by atoms with Gasteiger partial charge in [-0.15, -0.1) is 0 Å². The molecule has 1 N–H and O–H groups in total. The number of aromatic amines is 1. The number of benzene rings is 1. The highest BCUT2D eigenvalue weighted by Gasteiger charge is 2.22. The number of methoxy groups -OCH3 is 1. The number of nitrogens with one attached hydrogen (secondary N) is 1. The summed E-state index contributed by atoms with van der Waals surface area (Å²) >= 11 is 0. The Morgan fingerprint density at radius 3 is 2.81 bits per heavy atom. The van der Waals surface area contributed by atoms with Gasteiger partial charge in [-0.05, 0) is 50.2 Å². The summed E-state index contributed by atoms with van der Waals surface area (Å²) < 4.78 is 9.89. The number of carbonyl (C=O) groups is 2. The fourth-order valence-electron chi connectivity index (χ4n) is 3.21. The summed E-state index contributed by atoms with van der Waals surface area (Å²) in [5.74, 6) is -0.351. The second kappa shape index (κ2) is 7.78. The molecule has 1 aromatic carbocycles. The SMILES string of the molecule is COC(=O)c1[nH]c2ccc(CCN3CCOC3=O)cc2c1CCN(C)C. The number of hydrogen-bond acceptors (Lipinski definition) is 5. The van der Waals surface area contributed by atoms with Crippen molar-refractivity contribution in [3.05, 3.63) is 35.0 Å². The van der Waals surface area contributed by atoms with Crippen LogP contribution < -0.4 is 0 Å². The maximum atomic E-state index is 12.1. The molecule has 0 spiro atoms. The number of esters is 1. The van der Waals surface area contributed by atoms with Crippen molar-refractivity contribution >= 4 is 23.0 Å². The number of ether oxygens (including phenoxy) is 2. The smallest absolute Gasteiger partial charge is 0.409 e. The predicted octanol–water partition coefficient (Wildman–Crippen LogP) is 2.05. The molecule has 1 aliphatic heterocycles. The number of cyclic esters (lactones) is 1. The number of aromatic nitrogens is 1. The van der Waals surface area contributed by atoms with Crippen molar-refractivity contribution in [2.24, 2.45) is 0 Å². The molecule has 0 aliphatic carbocycles. The largest absolute Gasteiger partial charge is 0.464 e. The number of carbonyl (C=O) groups excluding carboxylic acids is 2. The number of likely N-dealkylation sites (N-methyl/N-ethyl adjacent to an activating group) is 1. The van der Waals surface area contributed by atoms with Gasteiger partial charge in [0.15, 0.2) is 0 Å². The van der Waals surface area contributed by atoms with Crippen LogP contribution in [0, 0.1) is 0 Å². The van der Waals surface area contributed by atoms with Gasteiger partial charge in [-0.2, -0.15) is 0 Å². The molecule has 140 valence electrons. The lowest BCUT2D eigenvalue weighted by atomic mass is 10.0. The Labute approximate surface area is 152 Å². The molecule has 0 bridgehead atoms. The quantitative estimate of drug-likeness (QED) is 0.766. The van der Waals surface area contributed by atoms with Crippen molar-refractivity contribution in [3.63, 3.8) is 0 Å². The van der Waals surface area contributed by atoms with E-state index in [0.717, 1.165) is 41.4 Å². The van der Waals surface area contributed by atoms with Crippen LogP contribution in [0.15, 0.2) is 18.2 Å². The molecule has 0 atom stereocenters. The monoisotopic (exact) mass is 359 g/mol. The predicted molar refractivity (Wildman–Crippen MR) is 98.5 cm³/mol. The van der Waals surface area contributed by atoms with E-state index in [1.807, 2.05) is 26.2 Å². The van der Waals surface area contributed by atoms with E-state index in [9.17, 15) is 9.59 Å². The number of hydrogen-bond donors (Lipinski definition) is 1. The standard InChI is InChI=1S/C19H25N3O4/c1-21(2)8-7-14-15-12-13(6-9-22-10-11-26-19(22)24)4-5-16(15)20-17(14)18(23)25-3/h4-5,12,20H,6-11H2,1-3H3. The van der Waals surface area contributed by atoms with Gasteiger partial charge in [-0.25, -0.2) is 9.59 Å². The third kappa shape index (κ3) is 3.83. The Kier molecular flexibility index (Phi) is 5.46. The Bertz CT molecular complexity index is 812. The molecule has 3 rings (SSSR count). The molecule has 1 aromatic heterocycles. The van der Waals surface area contributed by atoms with Gasteiger partial charge in [-0.3, -0.25) is 0 Å². The zero-order chi connectivity index (χ0) is 18.7. The molecular formula is C19H25N3O4. The normalized spacial score (nSPS) is 14.3. The van der Waals surface area contributed by atoms with Gasteiger partial charge in [0, 0.05) is 24.0 Å². The van der Waals surface area contributed by atoms with Crippen molar-refractivity contribution in [2.75, 3.05) is 47.4 Å². The van der Waals surface area contributed by atoms with Crippen LogP contribution in [0.2, 0.25) is 0 Å². The van der Waals surface area contributed by atoms with Crippen molar-refractivity contribution in [2.45, 2.75) is 12.8 Å². The van der Waals surface area contributed by atoms with E-state index in [1.165, 1.54) is 7.11 Å². The number of rotatable bonds is 7. The molecule has 0 radical (unpaired) electrons. The molecule has 0 saturated carbocycles. The zero-order valence-corrected chi connectivity index (χ0v) is 15.5. The molecule has 1 aliphatic rings. The number of fused-ring (bicyclic) bond motifs is 1. The molecule has 7 nitrogen and oxygen atoms in total. The van der Waals surface area contributed by atoms with E-state index in [1.54, 1.807) is 4.90 Å². The van der Waals surface area contributed by atoms with E-state index >= 15 is 0 Å². The Hall–Kier alpha value is -2.54. The molecule has 1 fully saturated rings. The van der Waals surface area contributed by atoms with Gasteiger partial charge in [0.1, 0.15) is 12.3 Å². The van der Waals surface area contributed by atoms with E-state index in [4.69, 9.17) is 9.47 Å². The molecule has 2 heterocycles. The van der Waals surface area contributed by atoms with Crippen LogP contribution in [0.4, 0.5) is 4.79 Å². The molecule has 7 heteroatoms. The lowest BCUT2D eigenvalue weighted by molar-refractivity contribution is 0.0593. The first kappa shape index (κ1) is 18.3. The number of nitrogens with zero attached hydrogens (tertiary/aromatic N) is 2. The maximum Gasteiger partial charge on any atom is 0.409 e. The minimum Gasteiger partial charge on any atom is -0.464 e. The van der Waals surface area contributed by atoms with Crippen molar-refractivity contribution in [1.29, 1.82) is 0 Å². The Morgan fingerprint density at radius 1 is 1.35 bits per heavy atom. The summed E-state index contributed by atoms with van der Waals surface area (Å²) in [6, 6.07) is 6.11. The summed E-state index contributed by atoms with van der Waals surface area (Å²) in [7, 11) is 5.41. The zero-order valence-electron chi connectivity index (χ0n) is 15.5. The molecule has 1 saturated heterocycles.